The van der Waals surface area contributed by atoms with Crippen LogP contribution in [0, 0.1) is 6.92 Å². The van der Waals surface area contributed by atoms with Crippen LogP contribution in [0.5, 0.6) is 5.75 Å². The van der Waals surface area contributed by atoms with Crippen LogP contribution in [0.1, 0.15) is 30.9 Å². The molecular formula is C21H22ClNO4. The number of aliphatic hydroxyl groups is 1. The van der Waals surface area contributed by atoms with E-state index in [0.29, 0.717) is 35.8 Å². The Morgan fingerprint density at radius 1 is 1.26 bits per heavy atom. The van der Waals surface area contributed by atoms with Gasteiger partial charge in [0, 0.05) is 23.6 Å². The van der Waals surface area contributed by atoms with Gasteiger partial charge in [0.1, 0.15) is 11.5 Å². The van der Waals surface area contributed by atoms with Gasteiger partial charge in [-0.1, -0.05) is 29.8 Å². The Hall–Kier alpha value is -2.37. The van der Waals surface area contributed by atoms with Crippen molar-refractivity contribution < 1.29 is 19.4 Å². The SMILES string of the molecule is CC(=O)CC1(O)C(=O)N(CCCOc2ccccc2C)c2ccc(Cl)cc21. The Morgan fingerprint density at radius 2 is 2.00 bits per heavy atom. The van der Waals surface area contributed by atoms with Gasteiger partial charge in [0.15, 0.2) is 5.60 Å². The van der Waals surface area contributed by atoms with Gasteiger partial charge in [0.2, 0.25) is 0 Å². The van der Waals surface area contributed by atoms with Crippen molar-refractivity contribution in [2.24, 2.45) is 0 Å². The first kappa shape index (κ1) is 19.4. The van der Waals surface area contributed by atoms with Crippen molar-refractivity contribution in [3.63, 3.8) is 0 Å². The number of anilines is 1. The molecule has 1 aliphatic heterocycles. The lowest BCUT2D eigenvalue weighted by Gasteiger charge is -2.22. The van der Waals surface area contributed by atoms with Gasteiger partial charge in [0.25, 0.3) is 5.91 Å². The summed E-state index contributed by atoms with van der Waals surface area (Å²) in [6.07, 6.45) is 0.313. The Kier molecular flexibility index (Phi) is 5.53. The highest BCUT2D eigenvalue weighted by atomic mass is 35.5. The number of hydrogen-bond acceptors (Lipinski definition) is 4. The van der Waals surface area contributed by atoms with E-state index in [4.69, 9.17) is 16.3 Å². The minimum Gasteiger partial charge on any atom is -0.493 e. The van der Waals surface area contributed by atoms with E-state index >= 15 is 0 Å². The van der Waals surface area contributed by atoms with Gasteiger partial charge in [-0.15, -0.1) is 0 Å². The zero-order valence-corrected chi connectivity index (χ0v) is 16.1. The molecule has 0 radical (unpaired) electrons. The number of carbonyl (C=O) groups excluding carboxylic acids is 2. The Morgan fingerprint density at radius 3 is 2.70 bits per heavy atom. The van der Waals surface area contributed by atoms with E-state index in [-0.39, 0.29) is 12.2 Å². The molecule has 0 saturated heterocycles. The molecule has 2 aromatic rings. The summed E-state index contributed by atoms with van der Waals surface area (Å²) < 4.78 is 5.78. The fourth-order valence-electron chi connectivity index (χ4n) is 3.40. The van der Waals surface area contributed by atoms with Crippen molar-refractivity contribution in [3.05, 3.63) is 58.6 Å². The first-order valence-electron chi connectivity index (χ1n) is 8.85. The van der Waals surface area contributed by atoms with Crippen LogP contribution in [0.2, 0.25) is 5.02 Å². The molecule has 2 aromatic carbocycles. The van der Waals surface area contributed by atoms with Crippen LogP contribution < -0.4 is 9.64 Å². The minimum atomic E-state index is -1.86. The molecule has 1 atom stereocenters. The number of nitrogens with zero attached hydrogens (tertiary/aromatic N) is 1. The average molecular weight is 388 g/mol. The maximum atomic E-state index is 12.9. The molecule has 0 spiro atoms. The predicted molar refractivity (Wildman–Crippen MR) is 104 cm³/mol. The lowest BCUT2D eigenvalue weighted by molar-refractivity contribution is -0.141. The van der Waals surface area contributed by atoms with E-state index in [1.54, 1.807) is 18.2 Å². The van der Waals surface area contributed by atoms with Crippen molar-refractivity contribution in [2.45, 2.75) is 32.3 Å². The fourth-order valence-corrected chi connectivity index (χ4v) is 3.57. The summed E-state index contributed by atoms with van der Waals surface area (Å²) in [6, 6.07) is 12.7. The first-order valence-corrected chi connectivity index (χ1v) is 9.23. The predicted octanol–water partition coefficient (Wildman–Crippen LogP) is 3.63. The van der Waals surface area contributed by atoms with Crippen molar-refractivity contribution in [3.8, 4) is 5.75 Å². The van der Waals surface area contributed by atoms with Crippen LogP contribution in [0.3, 0.4) is 0 Å². The van der Waals surface area contributed by atoms with Gasteiger partial charge < -0.3 is 14.7 Å². The smallest absolute Gasteiger partial charge is 0.264 e. The molecule has 6 heteroatoms. The fraction of sp³-hybridized carbons (Fsp3) is 0.333. The zero-order valence-electron chi connectivity index (χ0n) is 15.4. The second kappa shape index (κ2) is 7.71. The number of rotatable bonds is 7. The summed E-state index contributed by atoms with van der Waals surface area (Å²) in [5.74, 6) is 0.0536. The van der Waals surface area contributed by atoms with Crippen molar-refractivity contribution >= 4 is 29.0 Å². The summed E-state index contributed by atoms with van der Waals surface area (Å²) in [7, 11) is 0. The number of para-hydroxylation sites is 1. The molecule has 1 amide bonds. The molecule has 1 unspecified atom stereocenters. The Bertz CT molecular complexity index is 882. The summed E-state index contributed by atoms with van der Waals surface area (Å²) >= 11 is 6.05. The van der Waals surface area contributed by atoms with Crippen LogP contribution in [0.15, 0.2) is 42.5 Å². The standard InChI is InChI=1S/C21H22ClNO4/c1-14-6-3-4-7-19(14)27-11-5-10-23-18-9-8-16(22)12-17(18)21(26,20(23)25)13-15(2)24/h3-4,6-9,12,26H,5,10-11,13H2,1-2H3. The summed E-state index contributed by atoms with van der Waals surface area (Å²) in [6.45, 7) is 4.14. The van der Waals surface area contributed by atoms with Gasteiger partial charge in [-0.05, 0) is 50.1 Å². The van der Waals surface area contributed by atoms with E-state index in [1.807, 2.05) is 31.2 Å². The highest BCUT2D eigenvalue weighted by Crippen LogP contribution is 2.43. The molecule has 1 N–H and O–H groups in total. The molecule has 0 fully saturated rings. The van der Waals surface area contributed by atoms with Crippen LogP contribution in [-0.4, -0.2) is 29.9 Å². The Balaban J connectivity index is 1.73. The molecule has 27 heavy (non-hydrogen) atoms. The van der Waals surface area contributed by atoms with Crippen LogP contribution in [0.4, 0.5) is 5.69 Å². The van der Waals surface area contributed by atoms with Crippen molar-refractivity contribution in [1.29, 1.82) is 0 Å². The molecule has 5 nitrogen and oxygen atoms in total. The number of halogens is 1. The minimum absolute atomic E-state index is 0.262. The van der Waals surface area contributed by atoms with E-state index in [9.17, 15) is 14.7 Å². The van der Waals surface area contributed by atoms with E-state index < -0.39 is 11.5 Å². The molecule has 3 rings (SSSR count). The number of benzene rings is 2. The lowest BCUT2D eigenvalue weighted by atomic mass is 9.90. The molecule has 0 saturated carbocycles. The third-order valence-electron chi connectivity index (χ3n) is 4.68. The highest BCUT2D eigenvalue weighted by Gasteiger charge is 2.50. The Labute approximate surface area is 163 Å². The number of carbonyl (C=O) groups is 2. The van der Waals surface area contributed by atoms with Crippen molar-refractivity contribution in [1.82, 2.24) is 0 Å². The number of Topliss-reactive ketones (excluding diaryl/α,β-unsaturated/α-hetero) is 1. The monoisotopic (exact) mass is 387 g/mol. The summed E-state index contributed by atoms with van der Waals surface area (Å²) in [5, 5.41) is 11.4. The van der Waals surface area contributed by atoms with E-state index in [0.717, 1.165) is 11.3 Å². The number of aryl methyl sites for hydroxylation is 1. The number of ketones is 1. The number of hydrogen-bond donors (Lipinski definition) is 1. The molecule has 1 heterocycles. The van der Waals surface area contributed by atoms with Gasteiger partial charge in [-0.25, -0.2) is 0 Å². The zero-order chi connectivity index (χ0) is 19.6. The highest BCUT2D eigenvalue weighted by molar-refractivity contribution is 6.31. The number of amides is 1. The first-order chi connectivity index (χ1) is 12.8. The topological polar surface area (TPSA) is 66.8 Å². The summed E-state index contributed by atoms with van der Waals surface area (Å²) in [5.41, 5.74) is 0.160. The van der Waals surface area contributed by atoms with Crippen LogP contribution in [0.25, 0.3) is 0 Å². The van der Waals surface area contributed by atoms with Crippen molar-refractivity contribution in [2.75, 3.05) is 18.1 Å². The maximum Gasteiger partial charge on any atom is 0.264 e. The molecule has 0 bridgehead atoms. The second-order valence-electron chi connectivity index (χ2n) is 6.82. The number of ether oxygens (including phenoxy) is 1. The normalized spacial score (nSPS) is 18.5. The molecular weight excluding hydrogens is 366 g/mol. The van der Waals surface area contributed by atoms with E-state index in [1.165, 1.54) is 11.8 Å². The quantitative estimate of drug-likeness (QED) is 0.737. The molecule has 1 aliphatic rings. The summed E-state index contributed by atoms with van der Waals surface area (Å²) in [4.78, 5) is 26.0. The van der Waals surface area contributed by atoms with Crippen LogP contribution >= 0.6 is 11.6 Å². The third-order valence-corrected chi connectivity index (χ3v) is 4.91. The molecule has 0 aliphatic carbocycles. The lowest BCUT2D eigenvalue weighted by Crippen LogP contribution is -2.42. The van der Waals surface area contributed by atoms with Gasteiger partial charge in [0.05, 0.1) is 12.3 Å². The third kappa shape index (κ3) is 3.84. The van der Waals surface area contributed by atoms with Gasteiger partial charge >= 0.3 is 0 Å². The maximum absolute atomic E-state index is 12.9. The molecule has 142 valence electrons. The largest absolute Gasteiger partial charge is 0.493 e. The second-order valence-corrected chi connectivity index (χ2v) is 7.26. The average Bonchev–Trinajstić information content (AvgIpc) is 2.81. The van der Waals surface area contributed by atoms with Gasteiger partial charge in [-0.2, -0.15) is 0 Å². The number of fused-ring (bicyclic) bond motifs is 1. The van der Waals surface area contributed by atoms with Crippen LogP contribution in [-0.2, 0) is 15.2 Å². The van der Waals surface area contributed by atoms with E-state index in [2.05, 4.69) is 0 Å². The molecule has 0 aromatic heterocycles. The van der Waals surface area contributed by atoms with Gasteiger partial charge in [-0.3, -0.25) is 9.59 Å².